The van der Waals surface area contributed by atoms with Gasteiger partial charge in [-0.1, -0.05) is 61.9 Å². The van der Waals surface area contributed by atoms with E-state index in [0.29, 0.717) is 19.4 Å². The second kappa shape index (κ2) is 11.4. The smallest absolute Gasteiger partial charge is 0.407 e. The lowest BCUT2D eigenvalue weighted by molar-refractivity contribution is -0.149. The van der Waals surface area contributed by atoms with Crippen LogP contribution in [0.2, 0.25) is 0 Å². The van der Waals surface area contributed by atoms with Crippen molar-refractivity contribution in [2.75, 3.05) is 19.8 Å². The molecule has 4 rings (SSSR count). The molecule has 2 aromatic carbocycles. The van der Waals surface area contributed by atoms with Crippen LogP contribution in [0.1, 0.15) is 49.7 Å². The van der Waals surface area contributed by atoms with Gasteiger partial charge in [0.05, 0.1) is 0 Å². The molecule has 2 aliphatic rings. The Morgan fingerprint density at radius 1 is 1.09 bits per heavy atom. The van der Waals surface area contributed by atoms with Crippen molar-refractivity contribution >= 4 is 18.0 Å². The first kappa shape index (κ1) is 24.7. The van der Waals surface area contributed by atoms with Crippen LogP contribution in [0.5, 0.6) is 0 Å². The SMILES string of the molecule is CCC[C@H](CC(=O)NC[C@H]1CCO[C@H]1C(=O)O)NC(=O)OCC1c2ccccc2-c2ccccc21. The van der Waals surface area contributed by atoms with Crippen molar-refractivity contribution in [2.24, 2.45) is 5.92 Å². The van der Waals surface area contributed by atoms with E-state index in [2.05, 4.69) is 34.9 Å². The van der Waals surface area contributed by atoms with Gasteiger partial charge >= 0.3 is 12.1 Å². The number of fused-ring (bicyclic) bond motifs is 3. The molecule has 0 unspecified atom stereocenters. The Hall–Kier alpha value is -3.39. The number of amides is 2. The van der Waals surface area contributed by atoms with Crippen molar-refractivity contribution in [1.29, 1.82) is 0 Å². The normalized spacial score (nSPS) is 19.5. The van der Waals surface area contributed by atoms with Crippen LogP contribution in [0.3, 0.4) is 0 Å². The van der Waals surface area contributed by atoms with Crippen LogP contribution in [0.15, 0.2) is 48.5 Å². The molecule has 0 radical (unpaired) electrons. The number of rotatable bonds is 10. The Balaban J connectivity index is 1.29. The van der Waals surface area contributed by atoms with E-state index < -0.39 is 18.2 Å². The third-order valence-corrected chi connectivity index (χ3v) is 6.75. The Kier molecular flexibility index (Phi) is 8.02. The number of aliphatic carboxylic acids is 1. The highest BCUT2D eigenvalue weighted by atomic mass is 16.5. The largest absolute Gasteiger partial charge is 0.479 e. The maximum absolute atomic E-state index is 12.6. The van der Waals surface area contributed by atoms with E-state index in [0.717, 1.165) is 28.7 Å². The summed E-state index contributed by atoms with van der Waals surface area (Å²) >= 11 is 0. The van der Waals surface area contributed by atoms with E-state index in [1.165, 1.54) is 0 Å². The second-order valence-corrected chi connectivity index (χ2v) is 9.14. The lowest BCUT2D eigenvalue weighted by Crippen LogP contribution is -2.41. The Morgan fingerprint density at radius 3 is 2.37 bits per heavy atom. The number of ether oxygens (including phenoxy) is 2. The van der Waals surface area contributed by atoms with Crippen LogP contribution in [0, 0.1) is 5.92 Å². The van der Waals surface area contributed by atoms with Gasteiger partial charge in [0, 0.05) is 37.5 Å². The lowest BCUT2D eigenvalue weighted by atomic mass is 9.98. The molecule has 35 heavy (non-hydrogen) atoms. The van der Waals surface area contributed by atoms with Crippen LogP contribution >= 0.6 is 0 Å². The van der Waals surface area contributed by atoms with Gasteiger partial charge in [-0.25, -0.2) is 9.59 Å². The fourth-order valence-electron chi connectivity index (χ4n) is 5.04. The molecule has 0 spiro atoms. The third-order valence-electron chi connectivity index (χ3n) is 6.75. The van der Waals surface area contributed by atoms with Crippen LogP contribution in [-0.4, -0.2) is 55.0 Å². The fraction of sp³-hybridized carbons (Fsp3) is 0.444. The number of hydrogen-bond acceptors (Lipinski definition) is 5. The van der Waals surface area contributed by atoms with E-state index in [4.69, 9.17) is 9.47 Å². The monoisotopic (exact) mass is 480 g/mol. The zero-order valence-corrected chi connectivity index (χ0v) is 19.9. The van der Waals surface area contributed by atoms with Gasteiger partial charge < -0.3 is 25.2 Å². The maximum Gasteiger partial charge on any atom is 0.407 e. The first-order chi connectivity index (χ1) is 17.0. The molecule has 3 N–H and O–H groups in total. The van der Waals surface area contributed by atoms with E-state index in [-0.39, 0.29) is 43.4 Å². The Labute approximate surface area is 205 Å². The van der Waals surface area contributed by atoms with Crippen LogP contribution in [0.25, 0.3) is 11.1 Å². The summed E-state index contributed by atoms with van der Waals surface area (Å²) in [6.07, 6.45) is 0.673. The molecule has 2 aromatic rings. The highest BCUT2D eigenvalue weighted by Gasteiger charge is 2.34. The quantitative estimate of drug-likeness (QED) is 0.478. The molecule has 0 aromatic heterocycles. The van der Waals surface area contributed by atoms with Crippen molar-refractivity contribution < 1.29 is 29.0 Å². The zero-order chi connectivity index (χ0) is 24.8. The molecule has 0 saturated carbocycles. The first-order valence-corrected chi connectivity index (χ1v) is 12.2. The predicted molar refractivity (Wildman–Crippen MR) is 130 cm³/mol. The molecule has 3 atom stereocenters. The molecule has 8 heteroatoms. The molecular weight excluding hydrogens is 448 g/mol. The van der Waals surface area contributed by atoms with Crippen molar-refractivity contribution in [3.8, 4) is 11.1 Å². The summed E-state index contributed by atoms with van der Waals surface area (Å²) in [6, 6.07) is 15.9. The number of hydrogen-bond donors (Lipinski definition) is 3. The summed E-state index contributed by atoms with van der Waals surface area (Å²) in [4.78, 5) is 36.4. The molecule has 2 amide bonds. The van der Waals surface area contributed by atoms with E-state index in [1.54, 1.807) is 0 Å². The van der Waals surface area contributed by atoms with Gasteiger partial charge in [-0.15, -0.1) is 0 Å². The van der Waals surface area contributed by atoms with E-state index >= 15 is 0 Å². The number of benzene rings is 2. The number of alkyl carbamates (subject to hydrolysis) is 1. The topological polar surface area (TPSA) is 114 Å². The second-order valence-electron chi connectivity index (χ2n) is 9.14. The summed E-state index contributed by atoms with van der Waals surface area (Å²) in [5.74, 6) is -1.53. The van der Waals surface area contributed by atoms with Gasteiger partial charge in [0.2, 0.25) is 5.91 Å². The van der Waals surface area contributed by atoms with Crippen molar-refractivity contribution in [3.63, 3.8) is 0 Å². The summed E-state index contributed by atoms with van der Waals surface area (Å²) in [6.45, 7) is 2.81. The average Bonchev–Trinajstić information content (AvgIpc) is 3.44. The standard InChI is InChI=1S/C27H32N2O6/c1-2-7-18(14-24(30)28-15-17-12-13-34-25(17)26(31)32)29-27(33)35-16-23-21-10-5-3-8-19(21)20-9-4-6-11-22(20)23/h3-6,8-11,17-18,23,25H,2,7,12-16H2,1H3,(H,28,30)(H,29,33)(H,31,32)/t17-,18-,25-/m1/s1. The molecule has 8 nitrogen and oxygen atoms in total. The molecule has 1 aliphatic heterocycles. The minimum atomic E-state index is -1.01. The van der Waals surface area contributed by atoms with Gasteiger partial charge in [-0.05, 0) is 35.1 Å². The summed E-state index contributed by atoms with van der Waals surface area (Å²) in [7, 11) is 0. The molecular formula is C27H32N2O6. The van der Waals surface area contributed by atoms with Gasteiger partial charge in [0.25, 0.3) is 0 Å². The van der Waals surface area contributed by atoms with Crippen molar-refractivity contribution in [1.82, 2.24) is 10.6 Å². The Bertz CT molecular complexity index is 1030. The predicted octanol–water partition coefficient (Wildman–Crippen LogP) is 3.69. The summed E-state index contributed by atoms with van der Waals surface area (Å²) in [5.41, 5.74) is 4.61. The summed E-state index contributed by atoms with van der Waals surface area (Å²) < 4.78 is 10.8. The van der Waals surface area contributed by atoms with Crippen molar-refractivity contribution in [2.45, 2.75) is 50.7 Å². The van der Waals surface area contributed by atoms with E-state index in [1.807, 2.05) is 31.2 Å². The molecule has 186 valence electrons. The van der Waals surface area contributed by atoms with Crippen LogP contribution < -0.4 is 10.6 Å². The molecule has 1 heterocycles. The van der Waals surface area contributed by atoms with Gasteiger partial charge in [-0.3, -0.25) is 4.79 Å². The van der Waals surface area contributed by atoms with Crippen LogP contribution in [-0.2, 0) is 19.1 Å². The minimum Gasteiger partial charge on any atom is -0.479 e. The highest BCUT2D eigenvalue weighted by molar-refractivity contribution is 5.80. The van der Waals surface area contributed by atoms with E-state index in [9.17, 15) is 19.5 Å². The number of carboxylic acids is 1. The number of carbonyl (C=O) groups excluding carboxylic acids is 2. The number of nitrogens with one attached hydrogen (secondary N) is 2. The molecule has 1 saturated heterocycles. The van der Waals surface area contributed by atoms with Crippen molar-refractivity contribution in [3.05, 3.63) is 59.7 Å². The molecule has 1 aliphatic carbocycles. The minimum absolute atomic E-state index is 0.0307. The Morgan fingerprint density at radius 2 is 1.74 bits per heavy atom. The number of carbonyl (C=O) groups is 3. The van der Waals surface area contributed by atoms with Gasteiger partial charge in [0.15, 0.2) is 6.10 Å². The lowest BCUT2D eigenvalue weighted by Gasteiger charge is -2.20. The molecule has 1 fully saturated rings. The fourth-order valence-corrected chi connectivity index (χ4v) is 5.04. The van der Waals surface area contributed by atoms with Gasteiger partial charge in [0.1, 0.15) is 6.61 Å². The third kappa shape index (κ3) is 5.82. The maximum atomic E-state index is 12.6. The first-order valence-electron chi connectivity index (χ1n) is 12.2. The zero-order valence-electron chi connectivity index (χ0n) is 19.9. The average molecular weight is 481 g/mol. The molecule has 0 bridgehead atoms. The van der Waals surface area contributed by atoms with Crippen LogP contribution in [0.4, 0.5) is 4.79 Å². The highest BCUT2D eigenvalue weighted by Crippen LogP contribution is 2.44. The van der Waals surface area contributed by atoms with Gasteiger partial charge in [-0.2, -0.15) is 0 Å². The number of carboxylic acid groups (broad SMARTS) is 1. The summed E-state index contributed by atoms with van der Waals surface area (Å²) in [5, 5.41) is 14.8.